The van der Waals surface area contributed by atoms with E-state index in [1.807, 2.05) is 0 Å². The predicted octanol–water partition coefficient (Wildman–Crippen LogP) is 1.86. The summed E-state index contributed by atoms with van der Waals surface area (Å²) < 4.78 is 16.6. The lowest BCUT2D eigenvalue weighted by atomic mass is 9.83. The van der Waals surface area contributed by atoms with Gasteiger partial charge in [0.15, 0.2) is 0 Å². The summed E-state index contributed by atoms with van der Waals surface area (Å²) in [6.45, 7) is 3.38. The van der Waals surface area contributed by atoms with Crippen molar-refractivity contribution >= 4 is 46.7 Å². The number of nitrogens with two attached hydrogens (primary N) is 1. The maximum Gasteiger partial charge on any atom is 0.338 e. The molecule has 0 bridgehead atoms. The molecule has 4 rings (SSSR count). The van der Waals surface area contributed by atoms with Gasteiger partial charge in [-0.15, -0.1) is 11.3 Å². The van der Waals surface area contributed by atoms with E-state index in [1.54, 1.807) is 56.3 Å². The van der Waals surface area contributed by atoms with Crippen LogP contribution in [0.1, 0.15) is 51.6 Å². The van der Waals surface area contributed by atoms with Crippen molar-refractivity contribution in [2.24, 2.45) is 5.73 Å². The molecular weight excluding hydrogens is 534 g/mol. The van der Waals surface area contributed by atoms with Gasteiger partial charge in [-0.05, 0) is 55.3 Å². The van der Waals surface area contributed by atoms with Crippen LogP contribution in [-0.2, 0) is 19.0 Å². The Morgan fingerprint density at radius 2 is 1.52 bits per heavy atom. The number of benzene rings is 2. The highest BCUT2D eigenvalue weighted by Crippen LogP contribution is 2.37. The molecule has 2 N–H and O–H groups in total. The van der Waals surface area contributed by atoms with Crippen LogP contribution in [0.5, 0.6) is 0 Å². The van der Waals surface area contributed by atoms with Gasteiger partial charge in [0.2, 0.25) is 0 Å². The Bertz CT molecular complexity index is 1760. The van der Waals surface area contributed by atoms with Gasteiger partial charge < -0.3 is 19.9 Å². The van der Waals surface area contributed by atoms with E-state index in [2.05, 4.69) is 6.07 Å². The Kier molecular flexibility index (Phi) is 8.02. The molecule has 204 valence electrons. The molecule has 0 amide bonds. The smallest absolute Gasteiger partial charge is 0.338 e. The number of ether oxygens (including phenoxy) is 3. The quantitative estimate of drug-likeness (QED) is 0.352. The van der Waals surface area contributed by atoms with E-state index in [4.69, 9.17) is 19.9 Å². The number of fused-ring (bicyclic) bond motifs is 1. The SMILES string of the molecule is COC(=O)c1ccc(/C=c2/sc3n(c2=O)C(N)=C(C#N)[C@@H](c2ccc(C(=O)OC)cc2)C=3C(=O)OC(C)C)cc1. The minimum atomic E-state index is -0.951. The van der Waals surface area contributed by atoms with Crippen LogP contribution >= 0.6 is 11.3 Å². The molecule has 1 aliphatic rings. The Labute approximate surface area is 232 Å². The molecule has 0 unspecified atom stereocenters. The third-order valence-corrected chi connectivity index (χ3v) is 7.23. The van der Waals surface area contributed by atoms with Crippen LogP contribution in [0.4, 0.5) is 0 Å². The zero-order valence-electron chi connectivity index (χ0n) is 22.1. The molecule has 1 atom stereocenters. The van der Waals surface area contributed by atoms with Crippen LogP contribution in [0.15, 0.2) is 58.9 Å². The summed E-state index contributed by atoms with van der Waals surface area (Å²) >= 11 is 1.03. The maximum absolute atomic E-state index is 13.5. The van der Waals surface area contributed by atoms with Crippen LogP contribution in [0.3, 0.4) is 0 Å². The third-order valence-electron chi connectivity index (χ3n) is 6.13. The Balaban J connectivity index is 1.98. The van der Waals surface area contributed by atoms with Crippen LogP contribution in [0, 0.1) is 11.3 Å². The lowest BCUT2D eigenvalue weighted by molar-refractivity contribution is -0.140. The second kappa shape index (κ2) is 11.4. The van der Waals surface area contributed by atoms with Crippen molar-refractivity contribution in [1.82, 2.24) is 4.57 Å². The summed E-state index contributed by atoms with van der Waals surface area (Å²) in [4.78, 5) is 50.7. The zero-order valence-corrected chi connectivity index (χ0v) is 22.9. The summed E-state index contributed by atoms with van der Waals surface area (Å²) in [5.41, 5.74) is 7.69. The molecule has 0 saturated heterocycles. The van der Waals surface area contributed by atoms with Crippen molar-refractivity contribution in [2.45, 2.75) is 25.9 Å². The van der Waals surface area contributed by atoms with Crippen LogP contribution in [0.25, 0.3) is 17.5 Å². The van der Waals surface area contributed by atoms with E-state index in [0.29, 0.717) is 16.7 Å². The monoisotopic (exact) mass is 559 g/mol. The van der Waals surface area contributed by atoms with Gasteiger partial charge in [0.1, 0.15) is 10.5 Å². The number of methoxy groups -OCH3 is 2. The molecular formula is C29H25N3O7S. The average Bonchev–Trinajstić information content (AvgIpc) is 3.27. The van der Waals surface area contributed by atoms with Gasteiger partial charge >= 0.3 is 17.9 Å². The largest absolute Gasteiger partial charge is 0.465 e. The first-order valence-corrected chi connectivity index (χ1v) is 12.9. The van der Waals surface area contributed by atoms with Crippen molar-refractivity contribution in [3.63, 3.8) is 0 Å². The summed E-state index contributed by atoms with van der Waals surface area (Å²) in [5.74, 6) is -2.80. The van der Waals surface area contributed by atoms with E-state index < -0.39 is 35.5 Å². The molecule has 0 spiro atoms. The number of thiazole rings is 1. The zero-order chi connectivity index (χ0) is 29.1. The highest BCUT2D eigenvalue weighted by Gasteiger charge is 2.36. The standard InChI is InChI=1S/C29H25N3O7S/c1-15(2)39-29(36)23-22(17-9-11-19(12-10-17)28(35)38-4)20(14-30)24(31)32-25(33)21(40-26(23)32)13-16-5-7-18(8-6-16)27(34)37-3/h5-13,15,22H,31H2,1-4H3/b21-13+/t22-/m1/s1. The van der Waals surface area contributed by atoms with E-state index in [9.17, 15) is 24.4 Å². The lowest BCUT2D eigenvalue weighted by Crippen LogP contribution is -2.40. The Morgan fingerprint density at radius 1 is 0.975 bits per heavy atom. The molecule has 2 aromatic carbocycles. The Morgan fingerprint density at radius 3 is 2.02 bits per heavy atom. The fourth-order valence-corrected chi connectivity index (χ4v) is 5.44. The minimum Gasteiger partial charge on any atom is -0.465 e. The van der Waals surface area contributed by atoms with Gasteiger partial charge in [0, 0.05) is 0 Å². The van der Waals surface area contributed by atoms with Gasteiger partial charge in [-0.1, -0.05) is 24.3 Å². The van der Waals surface area contributed by atoms with Crippen LogP contribution < -0.4 is 20.5 Å². The fourth-order valence-electron chi connectivity index (χ4n) is 4.27. The third kappa shape index (κ3) is 5.17. The lowest BCUT2D eigenvalue weighted by Gasteiger charge is -2.25. The number of rotatable bonds is 6. The second-order valence-electron chi connectivity index (χ2n) is 9.00. The normalized spacial score (nSPS) is 14.9. The maximum atomic E-state index is 13.5. The van der Waals surface area contributed by atoms with Crippen molar-refractivity contribution in [3.8, 4) is 6.07 Å². The molecule has 1 aromatic heterocycles. The van der Waals surface area contributed by atoms with Crippen LogP contribution in [-0.4, -0.2) is 42.8 Å². The number of hydrogen-bond donors (Lipinski definition) is 1. The highest BCUT2D eigenvalue weighted by molar-refractivity contribution is 7.07. The molecule has 0 radical (unpaired) electrons. The van der Waals surface area contributed by atoms with Crippen LogP contribution in [0.2, 0.25) is 0 Å². The number of carbonyl (C=O) groups excluding carboxylic acids is 3. The molecule has 40 heavy (non-hydrogen) atoms. The molecule has 0 saturated carbocycles. The number of nitrogens with zero attached hydrogens (tertiary/aromatic N) is 2. The van der Waals surface area contributed by atoms with Crippen molar-refractivity contribution in [3.05, 3.63) is 95.9 Å². The number of esters is 3. The number of carbonyl (C=O) groups is 3. The van der Waals surface area contributed by atoms with Gasteiger partial charge in [0.25, 0.3) is 5.56 Å². The summed E-state index contributed by atoms with van der Waals surface area (Å²) in [5, 5.41) is 10.1. The number of hydrogen-bond acceptors (Lipinski definition) is 10. The second-order valence-corrected chi connectivity index (χ2v) is 10.0. The predicted molar refractivity (Wildman–Crippen MR) is 147 cm³/mol. The molecule has 1 aliphatic heterocycles. The number of allylic oxidation sites excluding steroid dienone is 1. The van der Waals surface area contributed by atoms with Gasteiger partial charge in [-0.3, -0.25) is 9.36 Å². The molecule has 0 aliphatic carbocycles. The first-order valence-electron chi connectivity index (χ1n) is 12.1. The topological polar surface area (TPSA) is 151 Å². The van der Waals surface area contributed by atoms with Crippen molar-refractivity contribution in [2.75, 3.05) is 14.2 Å². The van der Waals surface area contributed by atoms with E-state index in [1.165, 1.54) is 26.4 Å². The average molecular weight is 560 g/mol. The first kappa shape index (κ1) is 28.1. The van der Waals surface area contributed by atoms with Gasteiger partial charge in [-0.25, -0.2) is 14.4 Å². The van der Waals surface area contributed by atoms with Crippen molar-refractivity contribution < 1.29 is 28.6 Å². The van der Waals surface area contributed by atoms with Gasteiger partial charge in [0.05, 0.1) is 59.1 Å². The molecule has 3 aromatic rings. The first-order chi connectivity index (χ1) is 19.1. The van der Waals surface area contributed by atoms with Gasteiger partial charge in [-0.2, -0.15) is 5.26 Å². The van der Waals surface area contributed by atoms with E-state index in [-0.39, 0.29) is 31.7 Å². The highest BCUT2D eigenvalue weighted by atomic mass is 32.1. The number of aromatic nitrogens is 1. The summed E-state index contributed by atoms with van der Waals surface area (Å²) in [7, 11) is 2.55. The Hall–Kier alpha value is -4.95. The molecule has 11 heteroatoms. The van der Waals surface area contributed by atoms with Crippen molar-refractivity contribution in [1.29, 1.82) is 5.26 Å². The summed E-state index contributed by atoms with van der Waals surface area (Å²) in [6, 6.07) is 14.7. The minimum absolute atomic E-state index is 0.0112. The molecule has 2 heterocycles. The summed E-state index contributed by atoms with van der Waals surface area (Å²) in [6.07, 6.45) is 1.13. The molecule has 10 nitrogen and oxygen atoms in total. The molecule has 0 fully saturated rings. The fraction of sp³-hybridized carbons (Fsp3) is 0.207. The van der Waals surface area contributed by atoms with E-state index in [0.717, 1.165) is 15.9 Å². The van der Waals surface area contributed by atoms with E-state index >= 15 is 0 Å². The number of nitriles is 1.